The van der Waals surface area contributed by atoms with Crippen molar-refractivity contribution in [3.05, 3.63) is 35.9 Å². The van der Waals surface area contributed by atoms with Gasteiger partial charge >= 0.3 is 11.9 Å². The van der Waals surface area contributed by atoms with Crippen molar-refractivity contribution in [1.82, 2.24) is 14.5 Å². The molecule has 21 heavy (non-hydrogen) atoms. The summed E-state index contributed by atoms with van der Waals surface area (Å²) < 4.78 is 1.55. The maximum Gasteiger partial charge on any atom is 0.356 e. The van der Waals surface area contributed by atoms with E-state index in [1.165, 1.54) is 0 Å². The summed E-state index contributed by atoms with van der Waals surface area (Å²) >= 11 is 0. The first-order valence-electron chi connectivity index (χ1n) is 6.57. The molecule has 0 saturated heterocycles. The number of pyridine rings is 1. The van der Waals surface area contributed by atoms with Crippen molar-refractivity contribution in [1.29, 1.82) is 0 Å². The van der Waals surface area contributed by atoms with Gasteiger partial charge in [-0.15, -0.1) is 0 Å². The number of carboxylic acids is 2. The van der Waals surface area contributed by atoms with Crippen molar-refractivity contribution in [2.75, 3.05) is 0 Å². The topological polar surface area (TPSA) is 105 Å². The molecule has 3 heterocycles. The first-order chi connectivity index (χ1) is 10.1. The van der Waals surface area contributed by atoms with Crippen LogP contribution in [0.1, 0.15) is 35.1 Å². The molecule has 2 N–H and O–H groups in total. The standard InChI is InChI=1S/C14H13N3O4/c18-13(19)10-3-1-2-9-11(14(20)21)16-12(17(9)10)8-4-6-15-7-5-8/h4-7,10H,1-3H2,(H,18,19)(H,20,21). The summed E-state index contributed by atoms with van der Waals surface area (Å²) in [5.41, 5.74) is 1.08. The average Bonchev–Trinajstić information content (AvgIpc) is 2.87. The number of aromatic nitrogens is 3. The second-order valence-electron chi connectivity index (χ2n) is 4.89. The predicted molar refractivity (Wildman–Crippen MR) is 72.0 cm³/mol. The van der Waals surface area contributed by atoms with Crippen LogP contribution in [0.3, 0.4) is 0 Å². The second kappa shape index (κ2) is 5.01. The zero-order chi connectivity index (χ0) is 15.0. The Hall–Kier alpha value is -2.70. The number of aromatic carboxylic acids is 1. The summed E-state index contributed by atoms with van der Waals surface area (Å²) in [4.78, 5) is 30.9. The van der Waals surface area contributed by atoms with E-state index in [0.29, 0.717) is 36.3 Å². The van der Waals surface area contributed by atoms with Gasteiger partial charge in [-0.05, 0) is 31.4 Å². The lowest BCUT2D eigenvalue weighted by atomic mass is 10.0. The van der Waals surface area contributed by atoms with Crippen LogP contribution < -0.4 is 0 Å². The number of hydrogen-bond donors (Lipinski definition) is 2. The first-order valence-corrected chi connectivity index (χ1v) is 6.57. The van der Waals surface area contributed by atoms with Crippen LogP contribution in [0.2, 0.25) is 0 Å². The molecular formula is C14H13N3O4. The molecule has 2 aromatic rings. The Labute approximate surface area is 119 Å². The third-order valence-corrected chi connectivity index (χ3v) is 3.64. The van der Waals surface area contributed by atoms with Gasteiger partial charge in [0.1, 0.15) is 11.9 Å². The fraction of sp³-hybridized carbons (Fsp3) is 0.286. The highest BCUT2D eigenvalue weighted by Crippen LogP contribution is 2.33. The Bertz CT molecular complexity index is 709. The molecule has 0 aliphatic carbocycles. The molecule has 1 atom stereocenters. The largest absolute Gasteiger partial charge is 0.480 e. The maximum atomic E-state index is 11.5. The number of aliphatic carboxylic acids is 1. The van der Waals surface area contributed by atoms with Crippen molar-refractivity contribution in [3.63, 3.8) is 0 Å². The number of rotatable bonds is 3. The smallest absolute Gasteiger partial charge is 0.356 e. The van der Waals surface area contributed by atoms with Gasteiger partial charge in [0, 0.05) is 18.0 Å². The Kier molecular flexibility index (Phi) is 3.17. The fourth-order valence-corrected chi connectivity index (χ4v) is 2.74. The monoisotopic (exact) mass is 287 g/mol. The van der Waals surface area contributed by atoms with Gasteiger partial charge in [0.15, 0.2) is 5.69 Å². The molecule has 1 aliphatic rings. The van der Waals surface area contributed by atoms with Crippen molar-refractivity contribution < 1.29 is 19.8 Å². The summed E-state index contributed by atoms with van der Waals surface area (Å²) in [6.07, 6.45) is 4.75. The lowest BCUT2D eigenvalue weighted by Crippen LogP contribution is -2.26. The molecule has 3 rings (SSSR count). The van der Waals surface area contributed by atoms with Crippen LogP contribution >= 0.6 is 0 Å². The summed E-state index contributed by atoms with van der Waals surface area (Å²) in [5, 5.41) is 18.7. The third-order valence-electron chi connectivity index (χ3n) is 3.64. The molecule has 1 aliphatic heterocycles. The molecule has 0 bridgehead atoms. The molecule has 7 nitrogen and oxygen atoms in total. The van der Waals surface area contributed by atoms with Crippen LogP contribution in [-0.2, 0) is 11.2 Å². The highest BCUT2D eigenvalue weighted by molar-refractivity contribution is 5.88. The van der Waals surface area contributed by atoms with E-state index in [-0.39, 0.29) is 5.69 Å². The number of nitrogens with zero attached hydrogens (tertiary/aromatic N) is 3. The van der Waals surface area contributed by atoms with Gasteiger partial charge in [-0.2, -0.15) is 0 Å². The lowest BCUT2D eigenvalue weighted by molar-refractivity contribution is -0.141. The van der Waals surface area contributed by atoms with E-state index in [4.69, 9.17) is 0 Å². The van der Waals surface area contributed by atoms with Crippen LogP contribution in [0, 0.1) is 0 Å². The van der Waals surface area contributed by atoms with Crippen LogP contribution in [0.25, 0.3) is 11.4 Å². The van der Waals surface area contributed by atoms with E-state index < -0.39 is 18.0 Å². The van der Waals surface area contributed by atoms with Crippen LogP contribution in [0.4, 0.5) is 0 Å². The molecule has 2 aromatic heterocycles. The van der Waals surface area contributed by atoms with E-state index in [1.54, 1.807) is 29.1 Å². The van der Waals surface area contributed by atoms with Crippen molar-refractivity contribution in [3.8, 4) is 11.4 Å². The number of carboxylic acid groups (broad SMARTS) is 2. The van der Waals surface area contributed by atoms with Gasteiger partial charge in [0.2, 0.25) is 0 Å². The van der Waals surface area contributed by atoms with E-state index in [2.05, 4.69) is 9.97 Å². The quantitative estimate of drug-likeness (QED) is 0.888. The normalized spacial score (nSPS) is 17.2. The van der Waals surface area contributed by atoms with Crippen LogP contribution in [0.15, 0.2) is 24.5 Å². The molecule has 7 heteroatoms. The van der Waals surface area contributed by atoms with E-state index in [1.807, 2.05) is 0 Å². The van der Waals surface area contributed by atoms with E-state index in [9.17, 15) is 19.8 Å². The number of hydrogen-bond acceptors (Lipinski definition) is 4. The Balaban J connectivity index is 2.25. The number of carbonyl (C=O) groups is 2. The lowest BCUT2D eigenvalue weighted by Gasteiger charge is -2.24. The maximum absolute atomic E-state index is 11.5. The molecule has 0 radical (unpaired) electrons. The molecule has 1 unspecified atom stereocenters. The van der Waals surface area contributed by atoms with Crippen molar-refractivity contribution >= 4 is 11.9 Å². The second-order valence-corrected chi connectivity index (χ2v) is 4.89. The predicted octanol–water partition coefficient (Wildman–Crippen LogP) is 1.61. The minimum absolute atomic E-state index is 0.0623. The zero-order valence-electron chi connectivity index (χ0n) is 11.1. The number of fused-ring (bicyclic) bond motifs is 1. The highest BCUT2D eigenvalue weighted by Gasteiger charge is 2.33. The van der Waals surface area contributed by atoms with Gasteiger partial charge in [-0.3, -0.25) is 4.98 Å². The molecule has 0 fully saturated rings. The molecule has 108 valence electrons. The average molecular weight is 287 g/mol. The van der Waals surface area contributed by atoms with Crippen LogP contribution in [0.5, 0.6) is 0 Å². The fourth-order valence-electron chi connectivity index (χ4n) is 2.74. The molecular weight excluding hydrogens is 274 g/mol. The minimum Gasteiger partial charge on any atom is -0.480 e. The third kappa shape index (κ3) is 2.16. The SMILES string of the molecule is O=C(O)c1nc(-c2ccncc2)n2c1CCCC2C(=O)O. The number of imidazole rings is 1. The molecule has 0 amide bonds. The summed E-state index contributed by atoms with van der Waals surface area (Å²) in [6.45, 7) is 0. The van der Waals surface area contributed by atoms with E-state index >= 15 is 0 Å². The molecule has 0 spiro atoms. The van der Waals surface area contributed by atoms with Crippen LogP contribution in [-0.4, -0.2) is 36.7 Å². The Morgan fingerprint density at radius 1 is 1.24 bits per heavy atom. The molecule has 0 aromatic carbocycles. The summed E-state index contributed by atoms with van der Waals surface area (Å²) in [7, 11) is 0. The van der Waals surface area contributed by atoms with Gasteiger partial charge in [0.05, 0.1) is 5.69 Å². The minimum atomic E-state index is -1.13. The Morgan fingerprint density at radius 3 is 2.57 bits per heavy atom. The van der Waals surface area contributed by atoms with Gasteiger partial charge < -0.3 is 14.8 Å². The Morgan fingerprint density at radius 2 is 1.95 bits per heavy atom. The van der Waals surface area contributed by atoms with E-state index in [0.717, 1.165) is 0 Å². The molecule has 0 saturated carbocycles. The van der Waals surface area contributed by atoms with Crippen molar-refractivity contribution in [2.45, 2.75) is 25.3 Å². The summed E-state index contributed by atoms with van der Waals surface area (Å²) in [6, 6.07) is 2.60. The summed E-state index contributed by atoms with van der Waals surface area (Å²) in [5.74, 6) is -1.73. The zero-order valence-corrected chi connectivity index (χ0v) is 11.1. The van der Waals surface area contributed by atoms with Crippen molar-refractivity contribution in [2.24, 2.45) is 0 Å². The van der Waals surface area contributed by atoms with Gasteiger partial charge in [0.25, 0.3) is 0 Å². The first kappa shape index (κ1) is 13.3. The van der Waals surface area contributed by atoms with Gasteiger partial charge in [-0.1, -0.05) is 0 Å². The van der Waals surface area contributed by atoms with Gasteiger partial charge in [-0.25, -0.2) is 14.6 Å². The highest BCUT2D eigenvalue weighted by atomic mass is 16.4.